The van der Waals surface area contributed by atoms with Gasteiger partial charge in [-0.05, 0) is 25.3 Å². The van der Waals surface area contributed by atoms with Gasteiger partial charge < -0.3 is 10.8 Å². The van der Waals surface area contributed by atoms with Crippen LogP contribution >= 0.6 is 0 Å². The van der Waals surface area contributed by atoms with Crippen molar-refractivity contribution in [2.24, 2.45) is 11.7 Å². The van der Waals surface area contributed by atoms with Crippen LogP contribution < -0.4 is 11.1 Å². The number of nitrogens with two attached hydrogens (primary N) is 1. The lowest BCUT2D eigenvalue weighted by Crippen LogP contribution is -2.51. The van der Waals surface area contributed by atoms with Crippen molar-refractivity contribution in [2.45, 2.75) is 25.8 Å². The third-order valence-corrected chi connectivity index (χ3v) is 2.87. The number of hydrogen-bond acceptors (Lipinski definition) is 4. The van der Waals surface area contributed by atoms with Gasteiger partial charge in [0.25, 0.3) is 0 Å². The lowest BCUT2D eigenvalue weighted by molar-refractivity contribution is -0.146. The van der Waals surface area contributed by atoms with E-state index in [-0.39, 0.29) is 6.54 Å². The first-order chi connectivity index (χ1) is 7.90. The third kappa shape index (κ3) is 4.03. The highest BCUT2D eigenvalue weighted by Gasteiger charge is 2.32. The van der Waals surface area contributed by atoms with E-state index in [9.17, 15) is 14.4 Å². The minimum atomic E-state index is -0.941. The molecule has 96 valence electrons. The Kier molecular flexibility index (Phi) is 4.45. The number of nitrogens with zero attached hydrogens (tertiary/aromatic N) is 1. The fraction of sp³-hybridized carbons (Fsp3) is 0.700. The average molecular weight is 243 g/mol. The molecule has 1 rings (SSSR count). The number of imide groups is 1. The van der Waals surface area contributed by atoms with Crippen LogP contribution in [0.15, 0.2) is 0 Å². The molecule has 0 aliphatic carbocycles. The topological polar surface area (TPSA) is 113 Å². The largest absolute Gasteiger partial charge is 0.480 e. The Balaban J connectivity index is 2.58. The van der Waals surface area contributed by atoms with Gasteiger partial charge in [0.15, 0.2) is 0 Å². The number of nitrogens with one attached hydrogen (secondary N) is 1. The number of hydrogen-bond donors (Lipinski definition) is 3. The lowest BCUT2D eigenvalue weighted by atomic mass is 9.92. The summed E-state index contributed by atoms with van der Waals surface area (Å²) in [6.45, 7) is 2.40. The number of piperidine rings is 1. The van der Waals surface area contributed by atoms with Crippen LogP contribution in [-0.4, -0.2) is 47.0 Å². The van der Waals surface area contributed by atoms with Crippen molar-refractivity contribution in [1.29, 1.82) is 0 Å². The smallest absolute Gasteiger partial charge is 0.320 e. The number of urea groups is 1. The van der Waals surface area contributed by atoms with Gasteiger partial charge in [0, 0.05) is 0 Å². The zero-order chi connectivity index (χ0) is 13.0. The Morgan fingerprint density at radius 3 is 2.65 bits per heavy atom. The normalized spacial score (nSPS) is 25.2. The molecule has 7 heteroatoms. The Morgan fingerprint density at radius 2 is 2.12 bits per heavy atom. The van der Waals surface area contributed by atoms with Crippen molar-refractivity contribution in [3.05, 3.63) is 0 Å². The van der Waals surface area contributed by atoms with Crippen LogP contribution in [0.2, 0.25) is 0 Å². The molecule has 2 atom stereocenters. The Morgan fingerprint density at radius 1 is 1.47 bits per heavy atom. The van der Waals surface area contributed by atoms with E-state index >= 15 is 0 Å². The number of amides is 3. The van der Waals surface area contributed by atoms with Gasteiger partial charge in [-0.2, -0.15) is 0 Å². The molecule has 1 saturated heterocycles. The second-order valence-electron chi connectivity index (χ2n) is 4.37. The number of carbonyl (C=O) groups is 3. The van der Waals surface area contributed by atoms with Gasteiger partial charge in [0.05, 0.1) is 6.54 Å². The predicted molar refractivity (Wildman–Crippen MR) is 59.1 cm³/mol. The summed E-state index contributed by atoms with van der Waals surface area (Å²) in [5, 5.41) is 11.0. The minimum absolute atomic E-state index is 0.118. The molecule has 1 aliphatic heterocycles. The number of likely N-dealkylation sites (tertiary alicyclic amines) is 1. The highest BCUT2D eigenvalue weighted by Crippen LogP contribution is 2.22. The van der Waals surface area contributed by atoms with E-state index in [4.69, 9.17) is 10.8 Å². The van der Waals surface area contributed by atoms with Gasteiger partial charge in [0.2, 0.25) is 5.91 Å². The molecule has 17 heavy (non-hydrogen) atoms. The molecule has 0 bridgehead atoms. The maximum absolute atomic E-state index is 11.3. The molecule has 0 aromatic rings. The molecule has 0 aromatic carbocycles. The molecular weight excluding hydrogens is 226 g/mol. The maximum atomic E-state index is 11.3. The van der Waals surface area contributed by atoms with Crippen LogP contribution in [0.3, 0.4) is 0 Å². The molecule has 1 heterocycles. The third-order valence-electron chi connectivity index (χ3n) is 2.87. The van der Waals surface area contributed by atoms with E-state index in [1.807, 2.05) is 12.2 Å². The number of carbonyl (C=O) groups excluding carboxylic acids is 2. The van der Waals surface area contributed by atoms with E-state index < -0.39 is 23.9 Å². The van der Waals surface area contributed by atoms with Gasteiger partial charge in [-0.25, -0.2) is 4.79 Å². The summed E-state index contributed by atoms with van der Waals surface area (Å²) in [5.74, 6) is -1.19. The molecule has 1 fully saturated rings. The van der Waals surface area contributed by atoms with Crippen LogP contribution in [-0.2, 0) is 9.59 Å². The summed E-state index contributed by atoms with van der Waals surface area (Å²) in [5.41, 5.74) is 4.81. The molecular formula is C10H17N3O4. The fourth-order valence-corrected chi connectivity index (χ4v) is 2.00. The molecule has 2 unspecified atom stereocenters. The standard InChI is InChI=1S/C10H17N3O4/c1-6-2-3-13(7(4-6)9(15)16)5-8(14)12-10(11)17/h6-7H,2-5H2,1H3,(H,15,16)(H3,11,12,14,17). The fourth-order valence-electron chi connectivity index (χ4n) is 2.00. The summed E-state index contributed by atoms with van der Waals surface area (Å²) < 4.78 is 0. The van der Waals surface area contributed by atoms with Gasteiger partial charge >= 0.3 is 12.0 Å². The zero-order valence-electron chi connectivity index (χ0n) is 9.68. The number of primary amides is 1. The Labute approximate surface area is 98.9 Å². The Bertz CT molecular complexity index is 332. The first-order valence-electron chi connectivity index (χ1n) is 5.46. The summed E-state index contributed by atoms with van der Waals surface area (Å²) >= 11 is 0. The second kappa shape index (κ2) is 5.62. The molecule has 0 spiro atoms. The van der Waals surface area contributed by atoms with Crippen molar-refractivity contribution in [2.75, 3.05) is 13.1 Å². The van der Waals surface area contributed by atoms with Crippen LogP contribution in [0.25, 0.3) is 0 Å². The van der Waals surface area contributed by atoms with Crippen LogP contribution in [0.5, 0.6) is 0 Å². The lowest BCUT2D eigenvalue weighted by Gasteiger charge is -2.35. The van der Waals surface area contributed by atoms with Gasteiger partial charge in [-0.1, -0.05) is 6.92 Å². The van der Waals surface area contributed by atoms with Gasteiger partial charge in [-0.15, -0.1) is 0 Å². The van der Waals surface area contributed by atoms with Crippen molar-refractivity contribution >= 4 is 17.9 Å². The highest BCUT2D eigenvalue weighted by atomic mass is 16.4. The zero-order valence-corrected chi connectivity index (χ0v) is 9.68. The monoisotopic (exact) mass is 243 g/mol. The van der Waals surface area contributed by atoms with Crippen molar-refractivity contribution in [1.82, 2.24) is 10.2 Å². The predicted octanol–water partition coefficient (Wildman–Crippen LogP) is -0.634. The number of carboxylic acid groups (broad SMARTS) is 1. The maximum Gasteiger partial charge on any atom is 0.320 e. The Hall–Kier alpha value is -1.63. The second-order valence-corrected chi connectivity index (χ2v) is 4.37. The summed E-state index contributed by atoms with van der Waals surface area (Å²) in [4.78, 5) is 34.4. The summed E-state index contributed by atoms with van der Waals surface area (Å²) in [6, 6.07) is -1.59. The molecule has 0 saturated carbocycles. The van der Waals surface area contributed by atoms with Crippen molar-refractivity contribution < 1.29 is 19.5 Å². The highest BCUT2D eigenvalue weighted by molar-refractivity contribution is 5.94. The molecule has 3 amide bonds. The quantitative estimate of drug-likeness (QED) is 0.610. The first kappa shape index (κ1) is 13.4. The average Bonchev–Trinajstić information content (AvgIpc) is 2.19. The number of aliphatic carboxylic acids is 1. The van der Waals surface area contributed by atoms with E-state index in [1.54, 1.807) is 4.90 Å². The van der Waals surface area contributed by atoms with Gasteiger partial charge in [0.1, 0.15) is 6.04 Å². The van der Waals surface area contributed by atoms with Crippen LogP contribution in [0, 0.1) is 5.92 Å². The SMILES string of the molecule is CC1CCN(CC(=O)NC(N)=O)C(C(=O)O)C1. The molecule has 4 N–H and O–H groups in total. The van der Waals surface area contributed by atoms with Gasteiger partial charge in [-0.3, -0.25) is 19.8 Å². The van der Waals surface area contributed by atoms with Crippen LogP contribution in [0.1, 0.15) is 19.8 Å². The van der Waals surface area contributed by atoms with E-state index in [2.05, 4.69) is 0 Å². The van der Waals surface area contributed by atoms with E-state index in [1.165, 1.54) is 0 Å². The van der Waals surface area contributed by atoms with E-state index in [0.29, 0.717) is 18.9 Å². The number of carboxylic acids is 1. The van der Waals surface area contributed by atoms with E-state index in [0.717, 1.165) is 6.42 Å². The minimum Gasteiger partial charge on any atom is -0.480 e. The summed E-state index contributed by atoms with van der Waals surface area (Å²) in [7, 11) is 0. The van der Waals surface area contributed by atoms with Crippen molar-refractivity contribution in [3.8, 4) is 0 Å². The molecule has 0 radical (unpaired) electrons. The first-order valence-corrected chi connectivity index (χ1v) is 5.46. The van der Waals surface area contributed by atoms with Crippen molar-refractivity contribution in [3.63, 3.8) is 0 Å². The summed E-state index contributed by atoms with van der Waals surface area (Å²) in [6.07, 6.45) is 1.35. The van der Waals surface area contributed by atoms with Crippen LogP contribution in [0.4, 0.5) is 4.79 Å². The molecule has 1 aliphatic rings. The molecule has 0 aromatic heterocycles. The number of rotatable bonds is 3. The molecule has 7 nitrogen and oxygen atoms in total.